The van der Waals surface area contributed by atoms with Crippen molar-refractivity contribution in [2.24, 2.45) is 17.6 Å². The SMILES string of the molecule is CC[C@H](C)[C@@H]1NC(=O)[C@H](CCCNC(=N)N)NC(=O)[C@](C)(NC(=O)C(C)C)CCNC(=O)[C@@H](c2ccccc2)NC1=O. The first-order valence-electron chi connectivity index (χ1n) is 14.4. The second-order valence-electron chi connectivity index (χ2n) is 11.2. The van der Waals surface area contributed by atoms with Gasteiger partial charge in [0.15, 0.2) is 5.96 Å². The van der Waals surface area contributed by atoms with Gasteiger partial charge in [-0.2, -0.15) is 0 Å². The summed E-state index contributed by atoms with van der Waals surface area (Å²) in [7, 11) is 0. The first kappa shape index (κ1) is 34.0. The van der Waals surface area contributed by atoms with Crippen molar-refractivity contribution in [3.8, 4) is 0 Å². The molecule has 232 valence electrons. The van der Waals surface area contributed by atoms with Gasteiger partial charge in [-0.15, -0.1) is 0 Å². The first-order valence-corrected chi connectivity index (χ1v) is 14.4. The molecule has 0 unspecified atom stereocenters. The normalized spacial score (nSPS) is 24.8. The topological polar surface area (TPSA) is 207 Å². The number of nitrogens with two attached hydrogens (primary N) is 1. The lowest BCUT2D eigenvalue weighted by molar-refractivity contribution is -0.138. The lowest BCUT2D eigenvalue weighted by Crippen LogP contribution is -2.63. The third kappa shape index (κ3) is 9.74. The molecule has 0 bridgehead atoms. The second-order valence-corrected chi connectivity index (χ2v) is 11.2. The molecular weight excluding hydrogens is 540 g/mol. The average molecular weight is 587 g/mol. The summed E-state index contributed by atoms with van der Waals surface area (Å²) >= 11 is 0. The van der Waals surface area contributed by atoms with E-state index in [0.717, 1.165) is 0 Å². The van der Waals surface area contributed by atoms with Gasteiger partial charge in [0.1, 0.15) is 23.7 Å². The lowest BCUT2D eigenvalue weighted by Gasteiger charge is -2.34. The summed E-state index contributed by atoms with van der Waals surface area (Å²) < 4.78 is 0. The number of hydrogen-bond acceptors (Lipinski definition) is 6. The van der Waals surface area contributed by atoms with Gasteiger partial charge >= 0.3 is 0 Å². The molecule has 13 heteroatoms. The predicted molar refractivity (Wildman–Crippen MR) is 159 cm³/mol. The van der Waals surface area contributed by atoms with Gasteiger partial charge in [-0.05, 0) is 37.7 Å². The molecule has 5 atom stereocenters. The van der Waals surface area contributed by atoms with E-state index in [1.165, 1.54) is 0 Å². The van der Waals surface area contributed by atoms with Crippen molar-refractivity contribution in [3.63, 3.8) is 0 Å². The number of carbonyl (C=O) groups excluding carboxylic acids is 5. The van der Waals surface area contributed by atoms with E-state index >= 15 is 0 Å². The minimum atomic E-state index is -1.46. The van der Waals surface area contributed by atoms with Crippen LogP contribution in [0.25, 0.3) is 0 Å². The van der Waals surface area contributed by atoms with Crippen LogP contribution in [0.15, 0.2) is 30.3 Å². The van der Waals surface area contributed by atoms with E-state index in [-0.39, 0.29) is 43.7 Å². The summed E-state index contributed by atoms with van der Waals surface area (Å²) in [6.45, 7) is 8.93. The molecule has 0 spiro atoms. The van der Waals surface area contributed by atoms with Gasteiger partial charge in [-0.25, -0.2) is 0 Å². The average Bonchev–Trinajstić information content (AvgIpc) is 2.94. The lowest BCUT2D eigenvalue weighted by atomic mass is 9.93. The molecule has 9 N–H and O–H groups in total. The molecule has 1 aromatic rings. The summed E-state index contributed by atoms with van der Waals surface area (Å²) in [5.74, 6) is -3.50. The number of hydrogen-bond donors (Lipinski definition) is 8. The minimum Gasteiger partial charge on any atom is -0.370 e. The fourth-order valence-corrected chi connectivity index (χ4v) is 4.44. The van der Waals surface area contributed by atoms with Crippen molar-refractivity contribution in [1.82, 2.24) is 31.9 Å². The van der Waals surface area contributed by atoms with Crippen molar-refractivity contribution in [1.29, 1.82) is 5.41 Å². The summed E-state index contributed by atoms with van der Waals surface area (Å²) in [6, 6.07) is 5.64. The molecule has 1 saturated heterocycles. The van der Waals surface area contributed by atoms with Crippen LogP contribution >= 0.6 is 0 Å². The van der Waals surface area contributed by atoms with Gasteiger partial charge < -0.3 is 37.6 Å². The van der Waals surface area contributed by atoms with Gasteiger partial charge in [-0.3, -0.25) is 29.4 Å². The Hall–Kier alpha value is -4.16. The van der Waals surface area contributed by atoms with Gasteiger partial charge in [0.05, 0.1) is 0 Å². The number of amides is 5. The largest absolute Gasteiger partial charge is 0.370 e. The molecule has 0 saturated carbocycles. The summed E-state index contributed by atoms with van der Waals surface area (Å²) in [5, 5.41) is 24.0. The van der Waals surface area contributed by atoms with Crippen LogP contribution in [0.3, 0.4) is 0 Å². The Balaban J connectivity index is 2.51. The molecule has 0 radical (unpaired) electrons. The van der Waals surface area contributed by atoms with E-state index in [2.05, 4.69) is 31.9 Å². The smallest absolute Gasteiger partial charge is 0.247 e. The quantitative estimate of drug-likeness (QED) is 0.114. The predicted octanol–water partition coefficient (Wildman–Crippen LogP) is 0.174. The van der Waals surface area contributed by atoms with Gasteiger partial charge in [0.2, 0.25) is 29.5 Å². The Morgan fingerprint density at radius 1 is 1.05 bits per heavy atom. The maximum absolute atomic E-state index is 13.7. The fourth-order valence-electron chi connectivity index (χ4n) is 4.44. The van der Waals surface area contributed by atoms with E-state index in [0.29, 0.717) is 18.4 Å². The van der Waals surface area contributed by atoms with Crippen molar-refractivity contribution in [3.05, 3.63) is 35.9 Å². The summed E-state index contributed by atoms with van der Waals surface area (Å²) in [5.41, 5.74) is 4.45. The van der Waals surface area contributed by atoms with Gasteiger partial charge in [0, 0.05) is 19.0 Å². The van der Waals surface area contributed by atoms with Gasteiger partial charge in [-0.1, -0.05) is 64.4 Å². The van der Waals surface area contributed by atoms with E-state index in [1.54, 1.807) is 51.1 Å². The zero-order valence-corrected chi connectivity index (χ0v) is 25.1. The maximum atomic E-state index is 13.7. The van der Waals surface area contributed by atoms with Crippen LogP contribution in [-0.4, -0.2) is 66.2 Å². The van der Waals surface area contributed by atoms with E-state index in [1.807, 2.05) is 13.8 Å². The number of guanidine groups is 1. The third-order valence-electron chi connectivity index (χ3n) is 7.43. The molecule has 1 heterocycles. The zero-order chi connectivity index (χ0) is 31.4. The van der Waals surface area contributed by atoms with E-state index < -0.39 is 53.2 Å². The molecule has 42 heavy (non-hydrogen) atoms. The third-order valence-corrected chi connectivity index (χ3v) is 7.43. The first-order chi connectivity index (χ1) is 19.8. The summed E-state index contributed by atoms with van der Waals surface area (Å²) in [6.07, 6.45) is 1.12. The van der Waals surface area contributed by atoms with Gasteiger partial charge in [0.25, 0.3) is 0 Å². The fraction of sp³-hybridized carbons (Fsp3) is 0.586. The number of rotatable bonds is 9. The molecule has 0 aliphatic carbocycles. The van der Waals surface area contributed by atoms with Crippen LogP contribution in [0.2, 0.25) is 0 Å². The highest BCUT2D eigenvalue weighted by atomic mass is 16.2. The van der Waals surface area contributed by atoms with Crippen LogP contribution in [0.4, 0.5) is 0 Å². The standard InChI is InChI=1S/C29H46N8O5/c1-6-18(4)21-26(41)36-22(19-11-8-7-9-12-19)25(40)32-16-14-29(5,37-23(38)17(2)3)27(42)34-20(24(39)35-21)13-10-15-33-28(30)31/h7-9,11-12,17-18,20-22H,6,10,13-16H2,1-5H3,(H,32,40)(H,34,42)(H,35,39)(H,36,41)(H,37,38)(H4,30,31,33)/t18-,20-,21-,22+,29+/m0/s1. The molecular formula is C29H46N8O5. The Bertz CT molecular complexity index is 1130. The Morgan fingerprint density at radius 3 is 2.31 bits per heavy atom. The molecule has 2 rings (SSSR count). The molecule has 5 amide bonds. The van der Waals surface area contributed by atoms with Crippen LogP contribution in [0.5, 0.6) is 0 Å². The zero-order valence-electron chi connectivity index (χ0n) is 25.1. The Morgan fingerprint density at radius 2 is 1.71 bits per heavy atom. The molecule has 1 aliphatic heterocycles. The van der Waals surface area contributed by atoms with Crippen LogP contribution in [0.1, 0.15) is 71.9 Å². The molecule has 1 aromatic carbocycles. The van der Waals surface area contributed by atoms with Crippen LogP contribution < -0.4 is 37.6 Å². The second kappa shape index (κ2) is 15.7. The van der Waals surface area contributed by atoms with Crippen LogP contribution in [0, 0.1) is 17.2 Å². The van der Waals surface area contributed by atoms with Crippen molar-refractivity contribution in [2.75, 3.05) is 13.1 Å². The maximum Gasteiger partial charge on any atom is 0.247 e. The minimum absolute atomic E-state index is 0.00845. The highest BCUT2D eigenvalue weighted by Crippen LogP contribution is 2.18. The highest BCUT2D eigenvalue weighted by molar-refractivity contribution is 5.97. The molecule has 1 aliphatic rings. The Kier molecular flexibility index (Phi) is 12.8. The Labute approximate surface area is 247 Å². The van der Waals surface area contributed by atoms with E-state index in [9.17, 15) is 24.0 Å². The number of carbonyl (C=O) groups is 5. The summed E-state index contributed by atoms with van der Waals surface area (Å²) in [4.78, 5) is 67.0. The molecule has 0 aromatic heterocycles. The van der Waals surface area contributed by atoms with Crippen molar-refractivity contribution < 1.29 is 24.0 Å². The van der Waals surface area contributed by atoms with Crippen molar-refractivity contribution >= 4 is 35.5 Å². The monoisotopic (exact) mass is 586 g/mol. The highest BCUT2D eigenvalue weighted by Gasteiger charge is 2.39. The van der Waals surface area contributed by atoms with Crippen LogP contribution in [-0.2, 0) is 24.0 Å². The van der Waals surface area contributed by atoms with Crippen molar-refractivity contribution in [2.45, 2.75) is 84.0 Å². The number of benzene rings is 1. The molecule has 13 nitrogen and oxygen atoms in total. The molecule has 1 fully saturated rings. The van der Waals surface area contributed by atoms with E-state index in [4.69, 9.17) is 11.1 Å². The number of nitrogens with one attached hydrogen (secondary N) is 7.